The number of alkyl carbamates (subject to hydrolysis) is 1. The minimum Gasteiger partial charge on any atom is -0.449 e. The van der Waals surface area contributed by atoms with E-state index in [-0.39, 0.29) is 23.5 Å². The van der Waals surface area contributed by atoms with E-state index in [1.165, 1.54) is 19.3 Å². The number of carbonyl (C=O) groups is 3. The quantitative estimate of drug-likeness (QED) is 0.432. The zero-order chi connectivity index (χ0) is 23.0. The summed E-state index contributed by atoms with van der Waals surface area (Å²) in [4.78, 5) is 37.2. The zero-order valence-corrected chi connectivity index (χ0v) is 19.7. The summed E-state index contributed by atoms with van der Waals surface area (Å²) in [7, 11) is 0. The Labute approximate surface area is 187 Å². The van der Waals surface area contributed by atoms with Gasteiger partial charge < -0.3 is 20.5 Å². The van der Waals surface area contributed by atoms with Gasteiger partial charge in [-0.1, -0.05) is 59.8 Å². The molecule has 7 heteroatoms. The molecule has 2 aliphatic carbocycles. The number of aliphatic hydroxyl groups excluding tert-OH is 1. The van der Waals surface area contributed by atoms with Crippen LogP contribution < -0.4 is 10.6 Å². The molecule has 178 valence electrons. The van der Waals surface area contributed by atoms with Crippen LogP contribution in [0, 0.1) is 23.7 Å². The molecule has 2 amide bonds. The van der Waals surface area contributed by atoms with Crippen LogP contribution in [0.1, 0.15) is 85.5 Å². The molecule has 31 heavy (non-hydrogen) atoms. The molecule has 0 heterocycles. The van der Waals surface area contributed by atoms with Crippen molar-refractivity contribution in [2.45, 2.75) is 104 Å². The van der Waals surface area contributed by atoms with Crippen molar-refractivity contribution in [2.75, 3.05) is 6.61 Å². The molecule has 0 aromatic carbocycles. The highest BCUT2D eigenvalue weighted by atomic mass is 16.5. The Hall–Kier alpha value is -1.63. The third-order valence-corrected chi connectivity index (χ3v) is 6.67. The van der Waals surface area contributed by atoms with E-state index in [2.05, 4.69) is 10.6 Å². The number of Topliss-reactive ketones (excluding diaryl/α,β-unsaturated/α-hetero) is 1. The van der Waals surface area contributed by atoms with Crippen LogP contribution in [0.2, 0.25) is 0 Å². The van der Waals surface area contributed by atoms with Crippen molar-refractivity contribution in [1.29, 1.82) is 0 Å². The highest BCUT2D eigenvalue weighted by Crippen LogP contribution is 2.37. The van der Waals surface area contributed by atoms with Crippen LogP contribution in [-0.4, -0.2) is 47.7 Å². The summed E-state index contributed by atoms with van der Waals surface area (Å²) in [6.45, 7) is 8.22. The summed E-state index contributed by atoms with van der Waals surface area (Å²) >= 11 is 0. The first kappa shape index (κ1) is 25.6. The first-order chi connectivity index (χ1) is 14.7. The van der Waals surface area contributed by atoms with Gasteiger partial charge in [0.05, 0.1) is 24.7 Å². The van der Waals surface area contributed by atoms with E-state index in [1.54, 1.807) is 6.92 Å². The first-order valence-corrected chi connectivity index (χ1v) is 12.2. The maximum absolute atomic E-state index is 13.0. The third-order valence-electron chi connectivity index (χ3n) is 6.67. The standard InChI is InChI=1S/C24H42N2O5/c1-5-6-12-18(22(28)20-16(4)21(20)27)25-23(29)19(13-15(2)3)26-24(30)31-14-17-10-8-7-9-11-17/h15-20,22,28H,5-14H2,1-4H3,(H,25,29)(H,26,30)/t16?,18-,19-,20?,22?/m0/s1. The van der Waals surface area contributed by atoms with Crippen molar-refractivity contribution in [3.8, 4) is 0 Å². The fourth-order valence-corrected chi connectivity index (χ4v) is 4.57. The van der Waals surface area contributed by atoms with Gasteiger partial charge in [0.25, 0.3) is 0 Å². The first-order valence-electron chi connectivity index (χ1n) is 12.2. The van der Waals surface area contributed by atoms with E-state index in [0.29, 0.717) is 25.4 Å². The van der Waals surface area contributed by atoms with Gasteiger partial charge in [0.1, 0.15) is 11.8 Å². The number of hydrogen-bond donors (Lipinski definition) is 3. The Morgan fingerprint density at radius 1 is 1.16 bits per heavy atom. The second-order valence-electron chi connectivity index (χ2n) is 9.89. The van der Waals surface area contributed by atoms with Crippen LogP contribution in [0.5, 0.6) is 0 Å². The van der Waals surface area contributed by atoms with E-state index in [0.717, 1.165) is 25.7 Å². The van der Waals surface area contributed by atoms with Crippen molar-refractivity contribution in [3.63, 3.8) is 0 Å². The average Bonchev–Trinajstić information content (AvgIpc) is 3.34. The zero-order valence-electron chi connectivity index (χ0n) is 19.7. The lowest BCUT2D eigenvalue weighted by Crippen LogP contribution is -2.53. The second-order valence-corrected chi connectivity index (χ2v) is 9.89. The number of ketones is 1. The largest absolute Gasteiger partial charge is 0.449 e. The van der Waals surface area contributed by atoms with Gasteiger partial charge in [0, 0.05) is 5.92 Å². The van der Waals surface area contributed by atoms with Gasteiger partial charge >= 0.3 is 6.09 Å². The summed E-state index contributed by atoms with van der Waals surface area (Å²) in [5, 5.41) is 16.3. The van der Waals surface area contributed by atoms with Crippen molar-refractivity contribution in [3.05, 3.63) is 0 Å². The summed E-state index contributed by atoms with van der Waals surface area (Å²) in [5.41, 5.74) is 0. The number of rotatable bonds is 12. The molecule has 0 aliphatic heterocycles. The highest BCUT2D eigenvalue weighted by Gasteiger charge is 2.52. The summed E-state index contributed by atoms with van der Waals surface area (Å²) in [6, 6.07) is -1.23. The maximum Gasteiger partial charge on any atom is 0.407 e. The lowest BCUT2D eigenvalue weighted by molar-refractivity contribution is -0.125. The van der Waals surface area contributed by atoms with Crippen LogP contribution in [0.4, 0.5) is 4.79 Å². The third kappa shape index (κ3) is 8.09. The molecule has 0 aromatic rings. The fourth-order valence-electron chi connectivity index (χ4n) is 4.57. The maximum atomic E-state index is 13.0. The van der Waals surface area contributed by atoms with Gasteiger partial charge in [-0.05, 0) is 37.5 Å². The van der Waals surface area contributed by atoms with E-state index in [9.17, 15) is 19.5 Å². The molecule has 2 saturated carbocycles. The van der Waals surface area contributed by atoms with Crippen LogP contribution in [0.25, 0.3) is 0 Å². The minimum absolute atomic E-state index is 0.0476. The number of hydrogen-bond acceptors (Lipinski definition) is 5. The van der Waals surface area contributed by atoms with Crippen molar-refractivity contribution >= 4 is 17.8 Å². The molecular formula is C24H42N2O5. The Kier molecular flexibility index (Phi) is 10.3. The van der Waals surface area contributed by atoms with Crippen LogP contribution in [-0.2, 0) is 14.3 Å². The molecule has 0 bridgehead atoms. The normalized spacial score (nSPS) is 24.4. The molecule has 5 atom stereocenters. The summed E-state index contributed by atoms with van der Waals surface area (Å²) < 4.78 is 5.41. The van der Waals surface area contributed by atoms with Gasteiger partial charge in [0.15, 0.2) is 0 Å². The molecule has 3 N–H and O–H groups in total. The van der Waals surface area contributed by atoms with Gasteiger partial charge in [0.2, 0.25) is 5.91 Å². The van der Waals surface area contributed by atoms with E-state index in [4.69, 9.17) is 4.74 Å². The Morgan fingerprint density at radius 2 is 1.81 bits per heavy atom. The second kappa shape index (κ2) is 12.4. The van der Waals surface area contributed by atoms with Gasteiger partial charge in [-0.15, -0.1) is 0 Å². The van der Waals surface area contributed by atoms with Gasteiger partial charge in [-0.3, -0.25) is 9.59 Å². The monoisotopic (exact) mass is 438 g/mol. The highest BCUT2D eigenvalue weighted by molar-refractivity contribution is 5.99. The van der Waals surface area contributed by atoms with E-state index < -0.39 is 30.2 Å². The lowest BCUT2D eigenvalue weighted by atomic mass is 9.90. The molecule has 3 unspecified atom stereocenters. The number of ether oxygens (including phenoxy) is 1. The predicted molar refractivity (Wildman–Crippen MR) is 119 cm³/mol. The van der Waals surface area contributed by atoms with Crippen molar-refractivity contribution < 1.29 is 24.2 Å². The Bertz CT molecular complexity index is 603. The molecule has 2 fully saturated rings. The number of carbonyl (C=O) groups excluding carboxylic acids is 3. The Balaban J connectivity index is 1.93. The van der Waals surface area contributed by atoms with E-state index in [1.807, 2.05) is 20.8 Å². The number of nitrogens with one attached hydrogen (secondary N) is 2. The molecule has 2 rings (SSSR count). The van der Waals surface area contributed by atoms with Gasteiger partial charge in [-0.25, -0.2) is 4.79 Å². The lowest BCUT2D eigenvalue weighted by Gasteiger charge is -2.27. The molecule has 0 saturated heterocycles. The minimum atomic E-state index is -0.893. The fraction of sp³-hybridized carbons (Fsp3) is 0.875. The van der Waals surface area contributed by atoms with Crippen LogP contribution in [0.15, 0.2) is 0 Å². The van der Waals surface area contributed by atoms with Crippen LogP contribution in [0.3, 0.4) is 0 Å². The number of unbranched alkanes of at least 4 members (excludes halogenated alkanes) is 1. The topological polar surface area (TPSA) is 105 Å². The van der Waals surface area contributed by atoms with Crippen molar-refractivity contribution in [2.24, 2.45) is 23.7 Å². The number of aliphatic hydroxyl groups is 1. The molecule has 0 aromatic heterocycles. The molecule has 0 spiro atoms. The Morgan fingerprint density at radius 3 is 2.35 bits per heavy atom. The average molecular weight is 439 g/mol. The SMILES string of the molecule is CCCC[C@H](NC(=O)[C@H](CC(C)C)NC(=O)OCC1CCCCC1)C(O)C1C(=O)C1C. The molecule has 2 aliphatic rings. The number of amides is 2. The van der Waals surface area contributed by atoms with Crippen molar-refractivity contribution in [1.82, 2.24) is 10.6 Å². The van der Waals surface area contributed by atoms with Gasteiger partial charge in [-0.2, -0.15) is 0 Å². The predicted octanol–water partition coefficient (Wildman–Crippen LogP) is 3.58. The molecule has 0 radical (unpaired) electrons. The molecule has 7 nitrogen and oxygen atoms in total. The van der Waals surface area contributed by atoms with Crippen LogP contribution >= 0.6 is 0 Å². The summed E-state index contributed by atoms with van der Waals surface area (Å²) in [5.74, 6) is -0.243. The summed E-state index contributed by atoms with van der Waals surface area (Å²) in [6.07, 6.45) is 7.14. The van der Waals surface area contributed by atoms with E-state index >= 15 is 0 Å². The smallest absolute Gasteiger partial charge is 0.407 e. The molecular weight excluding hydrogens is 396 g/mol.